The topological polar surface area (TPSA) is 71.1 Å². The third-order valence-electron chi connectivity index (χ3n) is 5.02. The number of amides is 2. The zero-order valence-corrected chi connectivity index (χ0v) is 16.6. The molecule has 0 unspecified atom stereocenters. The maximum absolute atomic E-state index is 12.5. The number of piperazine rings is 1. The number of ether oxygens (including phenoxy) is 2. The molecule has 0 aromatic heterocycles. The number of halogens is 1. The van der Waals surface area contributed by atoms with Gasteiger partial charge < -0.3 is 24.6 Å². The van der Waals surface area contributed by atoms with Crippen molar-refractivity contribution in [1.82, 2.24) is 10.2 Å². The fraction of sp³-hybridized carbons (Fsp3) is 0.333. The van der Waals surface area contributed by atoms with Gasteiger partial charge >= 0.3 is 0 Å². The van der Waals surface area contributed by atoms with Crippen molar-refractivity contribution in [3.8, 4) is 11.5 Å². The molecule has 2 heterocycles. The second kappa shape index (κ2) is 8.61. The smallest absolute Gasteiger partial charge is 0.265 e. The highest BCUT2D eigenvalue weighted by Gasteiger charge is 2.28. The molecule has 2 amide bonds. The first-order valence-corrected chi connectivity index (χ1v) is 9.92. The average Bonchev–Trinajstić information content (AvgIpc) is 2.77. The molecule has 29 heavy (non-hydrogen) atoms. The number of hydrogen-bond acceptors (Lipinski definition) is 5. The molecule has 1 N–H and O–H groups in total. The summed E-state index contributed by atoms with van der Waals surface area (Å²) in [5.41, 5.74) is 1.05. The minimum atomic E-state index is -0.766. The molecule has 152 valence electrons. The van der Waals surface area contributed by atoms with E-state index in [0.717, 1.165) is 18.8 Å². The number of hydrogen-bond donors (Lipinski definition) is 1. The van der Waals surface area contributed by atoms with Gasteiger partial charge in [-0.1, -0.05) is 29.8 Å². The monoisotopic (exact) mass is 415 g/mol. The first-order valence-electron chi connectivity index (χ1n) is 9.54. The standard InChI is InChI=1S/C21H22ClN3O4/c22-15-4-3-5-16(12-15)24-8-10-25(11-9-24)20(26)13-23-21(27)19-14-28-17-6-1-2-7-18(17)29-19/h1-7,12,19H,8-11,13-14H2,(H,23,27)/t19-/m1/s1. The van der Waals surface area contributed by atoms with Crippen LogP contribution in [0.2, 0.25) is 5.02 Å². The lowest BCUT2D eigenvalue weighted by Crippen LogP contribution is -2.52. The van der Waals surface area contributed by atoms with Gasteiger partial charge in [0.2, 0.25) is 12.0 Å². The summed E-state index contributed by atoms with van der Waals surface area (Å²) < 4.78 is 11.2. The molecule has 0 spiro atoms. The van der Waals surface area contributed by atoms with Crippen molar-refractivity contribution in [3.63, 3.8) is 0 Å². The quantitative estimate of drug-likeness (QED) is 0.826. The van der Waals surface area contributed by atoms with Gasteiger partial charge in [0, 0.05) is 36.9 Å². The molecule has 0 aliphatic carbocycles. The fourth-order valence-corrected chi connectivity index (χ4v) is 3.61. The molecule has 0 saturated carbocycles. The van der Waals surface area contributed by atoms with Crippen LogP contribution < -0.4 is 19.7 Å². The van der Waals surface area contributed by atoms with E-state index in [9.17, 15) is 9.59 Å². The molecule has 0 bridgehead atoms. The number of rotatable bonds is 4. The molecule has 2 aromatic carbocycles. The first kappa shape index (κ1) is 19.4. The number of carbonyl (C=O) groups excluding carboxylic acids is 2. The summed E-state index contributed by atoms with van der Waals surface area (Å²) in [6, 6.07) is 14.9. The van der Waals surface area contributed by atoms with Crippen LogP contribution in [-0.2, 0) is 9.59 Å². The van der Waals surface area contributed by atoms with Crippen LogP contribution in [0.1, 0.15) is 0 Å². The summed E-state index contributed by atoms with van der Waals surface area (Å²) in [5.74, 6) is 0.680. The van der Waals surface area contributed by atoms with Crippen LogP contribution in [0.25, 0.3) is 0 Å². The van der Waals surface area contributed by atoms with Crippen LogP contribution in [0.15, 0.2) is 48.5 Å². The Balaban J connectivity index is 1.24. The molecule has 4 rings (SSSR count). The predicted octanol–water partition coefficient (Wildman–Crippen LogP) is 1.94. The van der Waals surface area contributed by atoms with Gasteiger partial charge in [-0.2, -0.15) is 0 Å². The number of nitrogens with zero attached hydrogens (tertiary/aromatic N) is 2. The Morgan fingerprint density at radius 3 is 2.55 bits per heavy atom. The first-order chi connectivity index (χ1) is 14.1. The van der Waals surface area contributed by atoms with Crippen LogP contribution in [0, 0.1) is 0 Å². The lowest BCUT2D eigenvalue weighted by atomic mass is 10.2. The Labute approximate surface area is 174 Å². The third-order valence-corrected chi connectivity index (χ3v) is 5.26. The van der Waals surface area contributed by atoms with Gasteiger partial charge in [0.25, 0.3) is 5.91 Å². The van der Waals surface area contributed by atoms with Gasteiger partial charge in [-0.15, -0.1) is 0 Å². The molecule has 8 heteroatoms. The number of nitrogens with one attached hydrogen (secondary N) is 1. The summed E-state index contributed by atoms with van der Waals surface area (Å²) in [5, 5.41) is 3.36. The normalized spacial score (nSPS) is 18.3. The summed E-state index contributed by atoms with van der Waals surface area (Å²) in [4.78, 5) is 28.8. The Hall–Kier alpha value is -2.93. The molecule has 1 atom stereocenters. The van der Waals surface area contributed by atoms with Crippen molar-refractivity contribution in [1.29, 1.82) is 0 Å². The van der Waals surface area contributed by atoms with E-state index in [-0.39, 0.29) is 25.0 Å². The van der Waals surface area contributed by atoms with Crippen molar-refractivity contribution >= 4 is 29.1 Å². The molecule has 7 nitrogen and oxygen atoms in total. The number of para-hydroxylation sites is 2. The van der Waals surface area contributed by atoms with E-state index in [1.165, 1.54) is 0 Å². The fourth-order valence-electron chi connectivity index (χ4n) is 3.42. The van der Waals surface area contributed by atoms with Crippen LogP contribution in [0.3, 0.4) is 0 Å². The van der Waals surface area contributed by atoms with Gasteiger partial charge in [0.1, 0.15) is 6.61 Å². The molecular formula is C21H22ClN3O4. The zero-order chi connectivity index (χ0) is 20.2. The Kier molecular flexibility index (Phi) is 5.76. The molecule has 0 radical (unpaired) electrons. The van der Waals surface area contributed by atoms with Gasteiger partial charge in [-0.3, -0.25) is 9.59 Å². The van der Waals surface area contributed by atoms with Crippen LogP contribution in [-0.4, -0.2) is 62.1 Å². The number of carbonyl (C=O) groups is 2. The van der Waals surface area contributed by atoms with E-state index in [0.29, 0.717) is 29.6 Å². The lowest BCUT2D eigenvalue weighted by Gasteiger charge is -2.36. The highest BCUT2D eigenvalue weighted by Crippen LogP contribution is 2.30. The average molecular weight is 416 g/mol. The number of fused-ring (bicyclic) bond motifs is 1. The van der Waals surface area contributed by atoms with Crippen molar-refractivity contribution in [2.45, 2.75) is 6.10 Å². The lowest BCUT2D eigenvalue weighted by molar-refractivity contribution is -0.136. The second-order valence-electron chi connectivity index (χ2n) is 6.93. The van der Waals surface area contributed by atoms with Crippen molar-refractivity contribution < 1.29 is 19.1 Å². The Morgan fingerprint density at radius 2 is 1.79 bits per heavy atom. The Bertz CT molecular complexity index is 899. The second-order valence-corrected chi connectivity index (χ2v) is 7.37. The third kappa shape index (κ3) is 4.56. The number of anilines is 1. The van der Waals surface area contributed by atoms with E-state index in [1.54, 1.807) is 17.0 Å². The molecule has 2 aliphatic heterocycles. The minimum absolute atomic E-state index is 0.0580. The highest BCUT2D eigenvalue weighted by molar-refractivity contribution is 6.30. The molecule has 1 saturated heterocycles. The van der Waals surface area contributed by atoms with Crippen molar-refractivity contribution in [2.24, 2.45) is 0 Å². The molecule has 2 aliphatic rings. The zero-order valence-electron chi connectivity index (χ0n) is 15.8. The minimum Gasteiger partial charge on any atom is -0.485 e. The maximum Gasteiger partial charge on any atom is 0.265 e. The predicted molar refractivity (Wildman–Crippen MR) is 110 cm³/mol. The molecule has 1 fully saturated rings. The van der Waals surface area contributed by atoms with Crippen LogP contribution in [0.5, 0.6) is 11.5 Å². The largest absolute Gasteiger partial charge is 0.485 e. The van der Waals surface area contributed by atoms with E-state index < -0.39 is 6.10 Å². The van der Waals surface area contributed by atoms with E-state index in [2.05, 4.69) is 10.2 Å². The SMILES string of the molecule is O=C(NCC(=O)N1CCN(c2cccc(Cl)c2)CC1)[C@H]1COc2ccccc2O1. The molecular weight excluding hydrogens is 394 g/mol. The van der Waals surface area contributed by atoms with E-state index >= 15 is 0 Å². The summed E-state index contributed by atoms with van der Waals surface area (Å²) in [7, 11) is 0. The van der Waals surface area contributed by atoms with Gasteiger partial charge in [0.05, 0.1) is 6.54 Å². The number of benzene rings is 2. The van der Waals surface area contributed by atoms with Crippen molar-refractivity contribution in [2.75, 3.05) is 44.2 Å². The highest BCUT2D eigenvalue weighted by atomic mass is 35.5. The maximum atomic E-state index is 12.5. The summed E-state index contributed by atoms with van der Waals surface area (Å²) in [6.45, 7) is 2.69. The summed E-state index contributed by atoms with van der Waals surface area (Å²) in [6.07, 6.45) is -0.766. The van der Waals surface area contributed by atoms with Gasteiger partial charge in [0.15, 0.2) is 11.5 Å². The Morgan fingerprint density at radius 1 is 1.03 bits per heavy atom. The van der Waals surface area contributed by atoms with Crippen molar-refractivity contribution in [3.05, 3.63) is 53.6 Å². The van der Waals surface area contributed by atoms with Crippen LogP contribution in [0.4, 0.5) is 5.69 Å². The van der Waals surface area contributed by atoms with Crippen LogP contribution >= 0.6 is 11.6 Å². The van der Waals surface area contributed by atoms with E-state index in [1.807, 2.05) is 36.4 Å². The van der Waals surface area contributed by atoms with E-state index in [4.69, 9.17) is 21.1 Å². The van der Waals surface area contributed by atoms with Gasteiger partial charge in [-0.25, -0.2) is 0 Å². The summed E-state index contributed by atoms with van der Waals surface area (Å²) >= 11 is 6.06. The molecule has 2 aromatic rings. The van der Waals surface area contributed by atoms with Gasteiger partial charge in [-0.05, 0) is 30.3 Å².